The van der Waals surface area contributed by atoms with Gasteiger partial charge in [0.25, 0.3) is 0 Å². The third-order valence-corrected chi connectivity index (χ3v) is 5.97. The molecular weight excluding hydrogens is 310 g/mol. The van der Waals surface area contributed by atoms with Crippen LogP contribution in [0.25, 0.3) is 22.0 Å². The van der Waals surface area contributed by atoms with Crippen molar-refractivity contribution in [2.24, 2.45) is 5.92 Å². The van der Waals surface area contributed by atoms with E-state index in [1.165, 1.54) is 36.9 Å². The van der Waals surface area contributed by atoms with Gasteiger partial charge in [-0.25, -0.2) is 4.98 Å². The van der Waals surface area contributed by atoms with E-state index in [2.05, 4.69) is 52.1 Å². The molecule has 3 aromatic rings. The minimum atomic E-state index is 0.275. The number of ether oxygens (including phenoxy) is 1. The van der Waals surface area contributed by atoms with E-state index in [9.17, 15) is 0 Å². The number of aromatic nitrogens is 2. The number of fused-ring (bicyclic) bond motifs is 4. The van der Waals surface area contributed by atoms with E-state index >= 15 is 0 Å². The van der Waals surface area contributed by atoms with Crippen LogP contribution in [-0.2, 0) is 0 Å². The second kappa shape index (κ2) is 5.88. The van der Waals surface area contributed by atoms with Gasteiger partial charge < -0.3 is 9.72 Å². The summed E-state index contributed by atoms with van der Waals surface area (Å²) >= 11 is 0. The van der Waals surface area contributed by atoms with Gasteiger partial charge >= 0.3 is 0 Å². The maximum atomic E-state index is 6.29. The second-order valence-corrected chi connectivity index (χ2v) is 7.36. The van der Waals surface area contributed by atoms with Crippen LogP contribution in [0.2, 0.25) is 0 Å². The Morgan fingerprint density at radius 1 is 1.08 bits per heavy atom. The monoisotopic (exact) mass is 333 g/mol. The van der Waals surface area contributed by atoms with Crippen molar-refractivity contribution in [1.82, 2.24) is 14.9 Å². The summed E-state index contributed by atoms with van der Waals surface area (Å²) in [5.74, 6) is 1.43. The predicted molar refractivity (Wildman–Crippen MR) is 99.7 cm³/mol. The molecule has 1 N–H and O–H groups in total. The van der Waals surface area contributed by atoms with Gasteiger partial charge in [-0.3, -0.25) is 4.90 Å². The first kappa shape index (κ1) is 15.0. The highest BCUT2D eigenvalue weighted by molar-refractivity contribution is 5.84. The van der Waals surface area contributed by atoms with Gasteiger partial charge in [-0.15, -0.1) is 0 Å². The fraction of sp³-hybridized carbons (Fsp3) is 0.381. The number of hydrogen-bond donors (Lipinski definition) is 1. The van der Waals surface area contributed by atoms with Crippen molar-refractivity contribution in [2.75, 3.05) is 13.1 Å². The van der Waals surface area contributed by atoms with Crippen molar-refractivity contribution in [1.29, 1.82) is 0 Å². The van der Waals surface area contributed by atoms with Gasteiger partial charge in [0.15, 0.2) is 0 Å². The average Bonchev–Trinajstić information content (AvgIpc) is 3.13. The maximum Gasteiger partial charge on any atom is 0.213 e. The van der Waals surface area contributed by atoms with E-state index in [1.54, 1.807) is 0 Å². The van der Waals surface area contributed by atoms with Crippen molar-refractivity contribution in [2.45, 2.75) is 31.9 Å². The molecule has 4 nitrogen and oxygen atoms in total. The highest BCUT2D eigenvalue weighted by Crippen LogP contribution is 2.34. The number of H-pyrrole nitrogens is 1. The molecular formula is C21H23N3O. The molecule has 0 amide bonds. The summed E-state index contributed by atoms with van der Waals surface area (Å²) in [5.41, 5.74) is 3.47. The Morgan fingerprint density at radius 3 is 2.68 bits per heavy atom. The van der Waals surface area contributed by atoms with E-state index in [0.29, 0.717) is 12.0 Å². The standard InChI is InChI=1S/C21H23N3O/c1-14-21(15-7-10-24(14)11-8-15)25-20-5-3-18(13-23-20)16-2-4-19-17(12-16)6-9-22-19/h2-6,9,12-15,21-22H,7-8,10-11H2,1H3. The Bertz CT molecular complexity index is 876. The van der Waals surface area contributed by atoms with E-state index in [1.807, 2.05) is 18.5 Å². The molecule has 128 valence electrons. The number of nitrogens with zero attached hydrogens (tertiary/aromatic N) is 2. The predicted octanol–water partition coefficient (Wildman–Crippen LogP) is 4.09. The number of hydrogen-bond acceptors (Lipinski definition) is 3. The lowest BCUT2D eigenvalue weighted by molar-refractivity contribution is -0.0525. The van der Waals surface area contributed by atoms with Gasteiger partial charge in [0.05, 0.1) is 0 Å². The first-order valence-electron chi connectivity index (χ1n) is 9.22. The minimum absolute atomic E-state index is 0.275. The molecule has 0 saturated carbocycles. The zero-order valence-corrected chi connectivity index (χ0v) is 14.5. The SMILES string of the molecule is CC1C(Oc2ccc(-c3ccc4[nH]ccc4c3)cn2)C2CCN1CC2. The van der Waals surface area contributed by atoms with Crippen molar-refractivity contribution in [3.63, 3.8) is 0 Å². The third-order valence-electron chi connectivity index (χ3n) is 5.97. The molecule has 25 heavy (non-hydrogen) atoms. The maximum absolute atomic E-state index is 6.29. The number of aromatic amines is 1. The van der Waals surface area contributed by atoms with Crippen LogP contribution < -0.4 is 4.74 Å². The van der Waals surface area contributed by atoms with Crippen molar-refractivity contribution < 1.29 is 4.74 Å². The molecule has 2 bridgehead atoms. The smallest absolute Gasteiger partial charge is 0.213 e. The summed E-state index contributed by atoms with van der Waals surface area (Å²) in [7, 11) is 0. The molecule has 3 fully saturated rings. The second-order valence-electron chi connectivity index (χ2n) is 7.36. The van der Waals surface area contributed by atoms with Gasteiger partial charge in [0.1, 0.15) is 6.10 Å². The van der Waals surface area contributed by atoms with Crippen LogP contribution in [0.1, 0.15) is 19.8 Å². The molecule has 3 aliphatic rings. The Morgan fingerprint density at radius 2 is 1.92 bits per heavy atom. The zero-order chi connectivity index (χ0) is 16.8. The Labute approximate surface area is 147 Å². The Hall–Kier alpha value is -2.33. The quantitative estimate of drug-likeness (QED) is 0.785. The van der Waals surface area contributed by atoms with Gasteiger partial charge in [-0.05, 0) is 74.0 Å². The van der Waals surface area contributed by atoms with Crippen molar-refractivity contribution in [3.8, 4) is 17.0 Å². The molecule has 3 saturated heterocycles. The number of pyridine rings is 1. The summed E-state index contributed by atoms with van der Waals surface area (Å²) in [6.45, 7) is 4.73. The first-order valence-corrected chi connectivity index (χ1v) is 9.22. The topological polar surface area (TPSA) is 41.1 Å². The third kappa shape index (κ3) is 2.61. The summed E-state index contributed by atoms with van der Waals surface area (Å²) in [6, 6.07) is 13.2. The van der Waals surface area contributed by atoms with Crippen molar-refractivity contribution >= 4 is 10.9 Å². The van der Waals surface area contributed by atoms with Gasteiger partial charge in [-0.2, -0.15) is 0 Å². The van der Waals surface area contributed by atoms with Crippen molar-refractivity contribution in [3.05, 3.63) is 48.8 Å². The van der Waals surface area contributed by atoms with Gasteiger partial charge in [0.2, 0.25) is 5.88 Å². The number of piperidine rings is 3. The number of rotatable bonds is 3. The summed E-state index contributed by atoms with van der Waals surface area (Å²) < 4.78 is 6.29. The molecule has 0 aliphatic carbocycles. The molecule has 0 radical (unpaired) electrons. The lowest BCUT2D eigenvalue weighted by Gasteiger charge is -2.49. The minimum Gasteiger partial charge on any atom is -0.472 e. The van der Waals surface area contributed by atoms with Crippen LogP contribution in [0.15, 0.2) is 48.8 Å². The fourth-order valence-corrected chi connectivity index (χ4v) is 4.44. The zero-order valence-electron chi connectivity index (χ0n) is 14.5. The number of benzene rings is 1. The number of nitrogens with one attached hydrogen (secondary N) is 1. The van der Waals surface area contributed by atoms with Gasteiger partial charge in [-0.1, -0.05) is 6.07 Å². The molecule has 0 spiro atoms. The fourth-order valence-electron chi connectivity index (χ4n) is 4.44. The molecule has 4 heteroatoms. The van der Waals surface area contributed by atoms with Gasteiger partial charge in [0, 0.05) is 35.6 Å². The Kier molecular flexibility index (Phi) is 3.52. The first-order chi connectivity index (χ1) is 12.3. The average molecular weight is 333 g/mol. The van der Waals surface area contributed by atoms with Crippen LogP contribution in [0.5, 0.6) is 5.88 Å². The van der Waals surface area contributed by atoms with Crippen LogP contribution in [0, 0.1) is 5.92 Å². The molecule has 1 aromatic carbocycles. The van der Waals surface area contributed by atoms with Crippen LogP contribution in [0.4, 0.5) is 0 Å². The van der Waals surface area contributed by atoms with E-state index < -0.39 is 0 Å². The normalized spacial score (nSPS) is 28.4. The Balaban J connectivity index is 1.36. The van der Waals surface area contributed by atoms with E-state index in [0.717, 1.165) is 17.0 Å². The molecule has 2 aromatic heterocycles. The largest absolute Gasteiger partial charge is 0.472 e. The summed E-state index contributed by atoms with van der Waals surface area (Å²) in [5, 5.41) is 1.22. The van der Waals surface area contributed by atoms with Crippen LogP contribution >= 0.6 is 0 Å². The highest BCUT2D eigenvalue weighted by Gasteiger charge is 2.41. The lowest BCUT2D eigenvalue weighted by Crippen LogP contribution is -2.58. The molecule has 2 atom stereocenters. The summed E-state index contributed by atoms with van der Waals surface area (Å²) in [4.78, 5) is 10.4. The molecule has 2 unspecified atom stereocenters. The highest BCUT2D eigenvalue weighted by atomic mass is 16.5. The molecule has 6 rings (SSSR count). The lowest BCUT2D eigenvalue weighted by atomic mass is 9.81. The molecule has 5 heterocycles. The van der Waals surface area contributed by atoms with Crippen LogP contribution in [-0.4, -0.2) is 40.1 Å². The van der Waals surface area contributed by atoms with E-state index in [-0.39, 0.29) is 6.10 Å². The molecule has 3 aliphatic heterocycles. The summed E-state index contributed by atoms with van der Waals surface area (Å²) in [6.07, 6.45) is 6.68. The van der Waals surface area contributed by atoms with E-state index in [4.69, 9.17) is 4.74 Å². The van der Waals surface area contributed by atoms with Crippen LogP contribution in [0.3, 0.4) is 0 Å².